The van der Waals surface area contributed by atoms with E-state index in [4.69, 9.17) is 0 Å². The molecule has 3 atom stereocenters. The molecule has 0 radical (unpaired) electrons. The fraction of sp³-hybridized carbons (Fsp3) is 0.647. The molecular weight excluding hydrogens is 284 g/mol. The van der Waals surface area contributed by atoms with E-state index in [1.807, 2.05) is 23.5 Å². The van der Waals surface area contributed by atoms with Crippen molar-refractivity contribution >= 4 is 23.5 Å². The molecule has 1 N–H and O–H groups in total. The molecule has 3 heteroatoms. The normalized spacial score (nSPS) is 28.9. The van der Waals surface area contributed by atoms with Crippen LogP contribution in [0, 0.1) is 0 Å². The maximum Gasteiger partial charge on any atom is 0.0919 e. The highest BCUT2D eigenvalue weighted by Gasteiger charge is 2.32. The maximum atomic E-state index is 10.8. The first-order valence-electron chi connectivity index (χ1n) is 7.80. The summed E-state index contributed by atoms with van der Waals surface area (Å²) in [4.78, 5) is 0. The van der Waals surface area contributed by atoms with Gasteiger partial charge in [0.2, 0.25) is 0 Å². The third-order valence-corrected chi connectivity index (χ3v) is 7.97. The highest BCUT2D eigenvalue weighted by molar-refractivity contribution is 8.07. The van der Waals surface area contributed by atoms with Crippen LogP contribution in [0.1, 0.15) is 55.8 Å². The van der Waals surface area contributed by atoms with Crippen LogP contribution in [0.4, 0.5) is 0 Å². The molecule has 3 unspecified atom stereocenters. The summed E-state index contributed by atoms with van der Waals surface area (Å²) in [5.41, 5.74) is 2.57. The first kappa shape index (κ1) is 14.8. The van der Waals surface area contributed by atoms with Gasteiger partial charge in [-0.3, -0.25) is 0 Å². The van der Waals surface area contributed by atoms with Crippen LogP contribution in [-0.2, 0) is 0 Å². The minimum Gasteiger partial charge on any atom is -0.387 e. The first-order chi connectivity index (χ1) is 9.79. The van der Waals surface area contributed by atoms with Gasteiger partial charge in [-0.1, -0.05) is 37.6 Å². The quantitative estimate of drug-likeness (QED) is 0.877. The van der Waals surface area contributed by atoms with Gasteiger partial charge < -0.3 is 5.11 Å². The fourth-order valence-electron chi connectivity index (χ4n) is 3.16. The molecule has 0 bridgehead atoms. The van der Waals surface area contributed by atoms with E-state index in [0.29, 0.717) is 10.5 Å². The van der Waals surface area contributed by atoms with Gasteiger partial charge in [-0.25, -0.2) is 0 Å². The zero-order valence-corrected chi connectivity index (χ0v) is 13.8. The van der Waals surface area contributed by atoms with Crippen molar-refractivity contribution in [1.29, 1.82) is 0 Å². The van der Waals surface area contributed by atoms with E-state index in [1.54, 1.807) is 0 Å². The van der Waals surface area contributed by atoms with E-state index < -0.39 is 0 Å². The Morgan fingerprint density at radius 1 is 1.25 bits per heavy atom. The predicted octanol–water partition coefficient (Wildman–Crippen LogP) is 4.61. The van der Waals surface area contributed by atoms with Crippen molar-refractivity contribution < 1.29 is 5.11 Å². The molecule has 0 spiro atoms. The summed E-state index contributed by atoms with van der Waals surface area (Å²) in [6.07, 6.45) is 4.86. The Hall–Kier alpha value is -0.120. The number of rotatable bonds is 4. The lowest BCUT2D eigenvalue weighted by molar-refractivity contribution is 0.172. The minimum atomic E-state index is -0.308. The second kappa shape index (κ2) is 6.76. The van der Waals surface area contributed by atoms with Crippen molar-refractivity contribution in [2.24, 2.45) is 0 Å². The molecule has 1 aromatic rings. The van der Waals surface area contributed by atoms with Gasteiger partial charge in [0.05, 0.1) is 6.10 Å². The molecule has 1 aromatic carbocycles. The van der Waals surface area contributed by atoms with Gasteiger partial charge in [0.1, 0.15) is 0 Å². The van der Waals surface area contributed by atoms with Crippen LogP contribution in [0.5, 0.6) is 0 Å². The van der Waals surface area contributed by atoms with Crippen molar-refractivity contribution in [3.05, 3.63) is 35.4 Å². The lowest BCUT2D eigenvalue weighted by atomic mass is 9.79. The highest BCUT2D eigenvalue weighted by Crippen LogP contribution is 2.42. The molecule has 1 saturated heterocycles. The summed E-state index contributed by atoms with van der Waals surface area (Å²) in [6, 6.07) is 8.74. The number of thioether (sulfide) groups is 2. The molecule has 2 aliphatic rings. The van der Waals surface area contributed by atoms with Crippen LogP contribution in [-0.4, -0.2) is 27.1 Å². The van der Waals surface area contributed by atoms with Crippen LogP contribution in [0.15, 0.2) is 24.3 Å². The average Bonchev–Trinajstić information content (AvgIpc) is 2.45. The standard InChI is InChI=1S/C17H24OS2/c1-2-15-17(20-10-9-19-15)16(18)14-8-4-7-13(11-14)12-5-3-6-12/h4,7-8,11-12,15-18H,2-3,5-6,9-10H2,1H3. The van der Waals surface area contributed by atoms with E-state index in [-0.39, 0.29) is 6.10 Å². The van der Waals surface area contributed by atoms with E-state index >= 15 is 0 Å². The van der Waals surface area contributed by atoms with E-state index in [2.05, 4.69) is 31.2 Å². The van der Waals surface area contributed by atoms with E-state index in [1.165, 1.54) is 36.3 Å². The van der Waals surface area contributed by atoms with Crippen LogP contribution in [0.25, 0.3) is 0 Å². The number of hydrogen-bond acceptors (Lipinski definition) is 3. The first-order valence-corrected chi connectivity index (χ1v) is 9.90. The molecule has 1 aliphatic heterocycles. The second-order valence-corrected chi connectivity index (χ2v) is 8.53. The largest absolute Gasteiger partial charge is 0.387 e. The van der Waals surface area contributed by atoms with Gasteiger partial charge >= 0.3 is 0 Å². The Labute approximate surface area is 130 Å². The van der Waals surface area contributed by atoms with Gasteiger partial charge in [-0.15, -0.1) is 0 Å². The Bertz CT molecular complexity index is 444. The molecule has 1 aliphatic carbocycles. The van der Waals surface area contributed by atoms with Crippen molar-refractivity contribution in [1.82, 2.24) is 0 Å². The SMILES string of the molecule is CCC1SCCSC1C(O)c1cccc(C2CCC2)c1. The zero-order valence-electron chi connectivity index (χ0n) is 12.1. The third-order valence-electron chi connectivity index (χ3n) is 4.63. The van der Waals surface area contributed by atoms with Crippen molar-refractivity contribution in [2.45, 2.75) is 55.1 Å². The van der Waals surface area contributed by atoms with Gasteiger partial charge in [0.25, 0.3) is 0 Å². The van der Waals surface area contributed by atoms with E-state index in [9.17, 15) is 5.11 Å². The molecule has 2 fully saturated rings. The summed E-state index contributed by atoms with van der Waals surface area (Å²) in [7, 11) is 0. The number of hydrogen-bond donors (Lipinski definition) is 1. The molecule has 3 rings (SSSR count). The fourth-order valence-corrected chi connectivity index (χ4v) is 6.30. The van der Waals surface area contributed by atoms with Crippen LogP contribution in [0.2, 0.25) is 0 Å². The summed E-state index contributed by atoms with van der Waals surface area (Å²) >= 11 is 4.00. The molecule has 1 saturated carbocycles. The van der Waals surface area contributed by atoms with Gasteiger partial charge in [0, 0.05) is 22.0 Å². The van der Waals surface area contributed by atoms with Gasteiger partial charge in [-0.2, -0.15) is 23.5 Å². The summed E-state index contributed by atoms with van der Waals surface area (Å²) in [6.45, 7) is 2.24. The Balaban J connectivity index is 1.76. The lowest BCUT2D eigenvalue weighted by Crippen LogP contribution is -2.31. The summed E-state index contributed by atoms with van der Waals surface area (Å²) in [5, 5.41) is 11.8. The summed E-state index contributed by atoms with van der Waals surface area (Å²) < 4.78 is 0. The van der Waals surface area contributed by atoms with Gasteiger partial charge in [-0.05, 0) is 36.3 Å². The summed E-state index contributed by atoms with van der Waals surface area (Å²) in [5.74, 6) is 3.15. The molecule has 110 valence electrons. The van der Waals surface area contributed by atoms with Crippen molar-refractivity contribution in [3.63, 3.8) is 0 Å². The Morgan fingerprint density at radius 3 is 2.75 bits per heavy atom. The van der Waals surface area contributed by atoms with Crippen LogP contribution < -0.4 is 0 Å². The van der Waals surface area contributed by atoms with Crippen LogP contribution in [0.3, 0.4) is 0 Å². The zero-order chi connectivity index (χ0) is 13.9. The minimum absolute atomic E-state index is 0.308. The smallest absolute Gasteiger partial charge is 0.0919 e. The number of aliphatic hydroxyl groups excluding tert-OH is 1. The monoisotopic (exact) mass is 308 g/mol. The number of aliphatic hydroxyl groups is 1. The average molecular weight is 309 g/mol. The Kier molecular flexibility index (Phi) is 5.00. The molecule has 1 nitrogen and oxygen atoms in total. The van der Waals surface area contributed by atoms with Gasteiger partial charge in [0.15, 0.2) is 0 Å². The molecule has 20 heavy (non-hydrogen) atoms. The predicted molar refractivity (Wildman–Crippen MR) is 90.8 cm³/mol. The van der Waals surface area contributed by atoms with Crippen LogP contribution >= 0.6 is 23.5 Å². The third kappa shape index (κ3) is 3.05. The topological polar surface area (TPSA) is 20.2 Å². The van der Waals surface area contributed by atoms with Crippen molar-refractivity contribution in [3.8, 4) is 0 Å². The second-order valence-electron chi connectivity index (χ2n) is 5.90. The molecule has 1 heterocycles. The highest BCUT2D eigenvalue weighted by atomic mass is 32.2. The number of benzene rings is 1. The molecule has 0 aromatic heterocycles. The Morgan fingerprint density at radius 2 is 2.05 bits per heavy atom. The van der Waals surface area contributed by atoms with Crippen molar-refractivity contribution in [2.75, 3.05) is 11.5 Å². The lowest BCUT2D eigenvalue weighted by Gasteiger charge is -2.34. The van der Waals surface area contributed by atoms with E-state index in [0.717, 1.165) is 17.9 Å². The molecular formula is C17H24OS2. The maximum absolute atomic E-state index is 10.8. The molecule has 0 amide bonds.